The topological polar surface area (TPSA) is 101 Å². The van der Waals surface area contributed by atoms with E-state index in [1.807, 2.05) is 0 Å². The van der Waals surface area contributed by atoms with E-state index >= 15 is 0 Å². The van der Waals surface area contributed by atoms with Gasteiger partial charge in [0, 0.05) is 12.8 Å². The second-order valence-corrected chi connectivity index (χ2v) is 6.80. The third kappa shape index (κ3) is 1.98. The number of carboxylic acids is 1. The fourth-order valence-corrected chi connectivity index (χ4v) is 4.24. The molecule has 19 heavy (non-hydrogen) atoms. The molecular weight excluding hydrogens is 272 g/mol. The molecule has 0 radical (unpaired) electrons. The van der Waals surface area contributed by atoms with Gasteiger partial charge in [0.1, 0.15) is 5.75 Å². The minimum Gasteiger partial charge on any atom is -0.497 e. The zero-order valence-electron chi connectivity index (χ0n) is 10.2. The van der Waals surface area contributed by atoms with E-state index < -0.39 is 26.7 Å². The molecule has 0 aliphatic heterocycles. The Balaban J connectivity index is 2.49. The number of aliphatic carboxylic acids is 1. The van der Waals surface area contributed by atoms with E-state index in [2.05, 4.69) is 0 Å². The number of hydrogen-bond acceptors (Lipinski definition) is 5. The molecule has 0 amide bonds. The van der Waals surface area contributed by atoms with Gasteiger partial charge in [0.15, 0.2) is 14.6 Å². The smallest absolute Gasteiger partial charge is 0.325 e. The first-order valence-corrected chi connectivity index (χ1v) is 7.12. The molecule has 0 bridgehead atoms. The maximum atomic E-state index is 12.4. The van der Waals surface area contributed by atoms with Crippen molar-refractivity contribution in [2.75, 3.05) is 7.11 Å². The van der Waals surface area contributed by atoms with Crippen LogP contribution in [0.3, 0.4) is 0 Å². The normalized spacial score (nSPS) is 26.5. The summed E-state index contributed by atoms with van der Waals surface area (Å²) < 4.78 is 27.9. The summed E-state index contributed by atoms with van der Waals surface area (Å²) in [4.78, 5) is 11.2. The van der Waals surface area contributed by atoms with Gasteiger partial charge in [0.25, 0.3) is 0 Å². The van der Waals surface area contributed by atoms with Crippen molar-refractivity contribution in [1.29, 1.82) is 0 Å². The molecule has 1 aromatic rings. The van der Waals surface area contributed by atoms with Crippen molar-refractivity contribution >= 4 is 15.8 Å². The molecule has 0 heterocycles. The minimum atomic E-state index is -4.07. The molecular formula is C12H14O6S. The molecule has 7 heteroatoms. The largest absolute Gasteiger partial charge is 0.497 e. The second-order valence-electron chi connectivity index (χ2n) is 4.54. The van der Waals surface area contributed by atoms with Crippen molar-refractivity contribution in [3.05, 3.63) is 24.3 Å². The molecule has 6 nitrogen and oxygen atoms in total. The summed E-state index contributed by atoms with van der Waals surface area (Å²) in [5.41, 5.74) is 0. The molecule has 1 aliphatic rings. The van der Waals surface area contributed by atoms with E-state index in [-0.39, 0.29) is 17.7 Å². The molecule has 2 N–H and O–H groups in total. The van der Waals surface area contributed by atoms with Crippen LogP contribution in [0.4, 0.5) is 0 Å². The molecule has 0 saturated heterocycles. The molecule has 0 spiro atoms. The molecule has 0 aromatic heterocycles. The highest BCUT2D eigenvalue weighted by Crippen LogP contribution is 2.43. The van der Waals surface area contributed by atoms with Gasteiger partial charge in [-0.1, -0.05) is 6.07 Å². The van der Waals surface area contributed by atoms with Crippen LogP contribution in [0.2, 0.25) is 0 Å². The highest BCUT2D eigenvalue weighted by molar-refractivity contribution is 7.93. The highest BCUT2D eigenvalue weighted by atomic mass is 32.2. The molecule has 104 valence electrons. The minimum absolute atomic E-state index is 0.110. The molecule has 2 rings (SSSR count). The molecule has 1 aromatic carbocycles. The summed E-state index contributed by atoms with van der Waals surface area (Å²) in [6.07, 6.45) is -1.47. The Kier molecular flexibility index (Phi) is 3.27. The van der Waals surface area contributed by atoms with Gasteiger partial charge < -0.3 is 14.9 Å². The lowest BCUT2D eigenvalue weighted by atomic mass is 9.81. The number of rotatable bonds is 4. The number of aliphatic hydroxyl groups excluding tert-OH is 1. The first kappa shape index (κ1) is 13.8. The average Bonchev–Trinajstić information content (AvgIpc) is 2.34. The van der Waals surface area contributed by atoms with E-state index in [9.17, 15) is 23.4 Å². The van der Waals surface area contributed by atoms with E-state index in [4.69, 9.17) is 4.74 Å². The van der Waals surface area contributed by atoms with E-state index in [0.29, 0.717) is 5.75 Å². The summed E-state index contributed by atoms with van der Waals surface area (Å²) in [5, 5.41) is 18.5. The Bertz CT molecular complexity index is 600. The summed E-state index contributed by atoms with van der Waals surface area (Å²) in [6.45, 7) is 0. The van der Waals surface area contributed by atoms with Gasteiger partial charge in [-0.15, -0.1) is 0 Å². The van der Waals surface area contributed by atoms with Crippen molar-refractivity contribution in [2.24, 2.45) is 0 Å². The standard InChI is InChI=1S/C12H14O6S/c1-18-9-3-2-4-10(5-9)19(16,17)12(11(14)15)6-8(13)7-12/h2-5,8,13H,6-7H2,1H3,(H,14,15). The molecule has 1 aliphatic carbocycles. The molecule has 1 saturated carbocycles. The summed E-state index contributed by atoms with van der Waals surface area (Å²) >= 11 is 0. The number of benzene rings is 1. The first-order valence-electron chi connectivity index (χ1n) is 5.63. The summed E-state index contributed by atoms with van der Waals surface area (Å²) in [7, 11) is -2.67. The number of ether oxygens (including phenoxy) is 1. The third-order valence-electron chi connectivity index (χ3n) is 3.39. The van der Waals surface area contributed by atoms with Crippen LogP contribution in [0.1, 0.15) is 12.8 Å². The Morgan fingerprint density at radius 1 is 1.42 bits per heavy atom. The van der Waals surface area contributed by atoms with Crippen molar-refractivity contribution < 1.29 is 28.2 Å². The van der Waals surface area contributed by atoms with E-state index in [1.54, 1.807) is 6.07 Å². The third-order valence-corrected chi connectivity index (χ3v) is 5.80. The Morgan fingerprint density at radius 3 is 2.53 bits per heavy atom. The second kappa shape index (κ2) is 4.50. The quantitative estimate of drug-likeness (QED) is 0.833. The SMILES string of the molecule is COc1cccc(S(=O)(=O)C2(C(=O)O)CC(O)C2)c1. The number of carboxylic acid groups (broad SMARTS) is 1. The zero-order chi connectivity index (χ0) is 14.3. The van der Waals surface area contributed by atoms with E-state index in [0.717, 1.165) is 0 Å². The monoisotopic (exact) mass is 286 g/mol. The van der Waals surface area contributed by atoms with Gasteiger partial charge in [0.2, 0.25) is 0 Å². The summed E-state index contributed by atoms with van der Waals surface area (Å²) in [5.74, 6) is -1.10. The average molecular weight is 286 g/mol. The van der Waals surface area contributed by atoms with Crippen LogP contribution in [0.15, 0.2) is 29.2 Å². The van der Waals surface area contributed by atoms with Crippen molar-refractivity contribution in [2.45, 2.75) is 28.6 Å². The lowest BCUT2D eigenvalue weighted by Crippen LogP contribution is -2.58. The van der Waals surface area contributed by atoms with Crippen LogP contribution in [0.25, 0.3) is 0 Å². The lowest BCUT2D eigenvalue weighted by molar-refractivity contribution is -0.146. The Hall–Kier alpha value is -1.60. The molecule has 0 atom stereocenters. The maximum Gasteiger partial charge on any atom is 0.325 e. The zero-order valence-corrected chi connectivity index (χ0v) is 11.1. The van der Waals surface area contributed by atoms with Crippen molar-refractivity contribution in [3.8, 4) is 5.75 Å². The van der Waals surface area contributed by atoms with Crippen LogP contribution in [-0.4, -0.2) is 42.6 Å². The van der Waals surface area contributed by atoms with Crippen LogP contribution in [0, 0.1) is 0 Å². The van der Waals surface area contributed by atoms with Gasteiger partial charge in [-0.3, -0.25) is 4.79 Å². The first-order chi connectivity index (χ1) is 8.83. The van der Waals surface area contributed by atoms with E-state index in [1.165, 1.54) is 25.3 Å². The predicted octanol–water partition coefficient (Wildman–Crippen LogP) is 0.447. The van der Waals surface area contributed by atoms with Gasteiger partial charge in [-0.2, -0.15) is 0 Å². The predicted molar refractivity (Wildman–Crippen MR) is 65.8 cm³/mol. The van der Waals surface area contributed by atoms with Gasteiger partial charge >= 0.3 is 5.97 Å². The maximum absolute atomic E-state index is 12.4. The van der Waals surface area contributed by atoms with Crippen molar-refractivity contribution in [1.82, 2.24) is 0 Å². The van der Waals surface area contributed by atoms with Crippen LogP contribution in [-0.2, 0) is 14.6 Å². The number of hydrogen-bond donors (Lipinski definition) is 2. The molecule has 1 fully saturated rings. The van der Waals surface area contributed by atoms with Crippen LogP contribution in [0.5, 0.6) is 5.75 Å². The summed E-state index contributed by atoms with van der Waals surface area (Å²) in [6, 6.07) is 5.66. The number of carbonyl (C=O) groups is 1. The van der Waals surface area contributed by atoms with Gasteiger partial charge in [-0.05, 0) is 18.2 Å². The fraction of sp³-hybridized carbons (Fsp3) is 0.417. The van der Waals surface area contributed by atoms with Crippen LogP contribution < -0.4 is 4.74 Å². The lowest BCUT2D eigenvalue weighted by Gasteiger charge is -2.40. The van der Waals surface area contributed by atoms with Crippen LogP contribution >= 0.6 is 0 Å². The Labute approximate surface area is 110 Å². The number of methoxy groups -OCH3 is 1. The Morgan fingerprint density at radius 2 is 2.05 bits per heavy atom. The highest BCUT2D eigenvalue weighted by Gasteiger charge is 2.60. The fourth-order valence-electron chi connectivity index (χ4n) is 2.20. The number of aliphatic hydroxyl groups is 1. The van der Waals surface area contributed by atoms with Gasteiger partial charge in [0.05, 0.1) is 18.1 Å². The van der Waals surface area contributed by atoms with Gasteiger partial charge in [-0.25, -0.2) is 8.42 Å². The van der Waals surface area contributed by atoms with Crippen molar-refractivity contribution in [3.63, 3.8) is 0 Å². The molecule has 0 unspecified atom stereocenters. The number of sulfone groups is 1.